The molecule has 4 nitrogen and oxygen atoms in total. The maximum atomic E-state index is 13.0. The van der Waals surface area contributed by atoms with E-state index in [2.05, 4.69) is 10.4 Å². The number of benzene rings is 1. The molecule has 1 aliphatic carbocycles. The van der Waals surface area contributed by atoms with Crippen LogP contribution in [0.2, 0.25) is 0 Å². The molecule has 1 aromatic carbocycles. The number of amides is 1. The van der Waals surface area contributed by atoms with Crippen LogP contribution in [0.15, 0.2) is 30.5 Å². The predicted molar refractivity (Wildman–Crippen MR) is 96.9 cm³/mol. The van der Waals surface area contributed by atoms with Crippen LogP contribution in [0, 0.1) is 12.8 Å². The zero-order chi connectivity index (χ0) is 19.6. The van der Waals surface area contributed by atoms with Crippen LogP contribution in [-0.4, -0.2) is 27.9 Å². The van der Waals surface area contributed by atoms with E-state index in [0.717, 1.165) is 16.9 Å². The zero-order valence-electron chi connectivity index (χ0n) is 15.5. The Hall–Kier alpha value is -2.31. The second-order valence-corrected chi connectivity index (χ2v) is 7.18. The Morgan fingerprint density at radius 3 is 2.59 bits per heavy atom. The predicted octanol–water partition coefficient (Wildman–Crippen LogP) is 4.59. The highest BCUT2D eigenvalue weighted by Crippen LogP contribution is 2.37. The number of aromatic nitrogens is 2. The van der Waals surface area contributed by atoms with Gasteiger partial charge >= 0.3 is 6.18 Å². The van der Waals surface area contributed by atoms with Gasteiger partial charge in [-0.2, -0.15) is 18.3 Å². The fourth-order valence-electron chi connectivity index (χ4n) is 3.69. The summed E-state index contributed by atoms with van der Waals surface area (Å²) in [6, 6.07) is 7.34. The van der Waals surface area contributed by atoms with E-state index in [1.807, 2.05) is 38.1 Å². The van der Waals surface area contributed by atoms with E-state index in [1.54, 1.807) is 4.68 Å². The van der Waals surface area contributed by atoms with Gasteiger partial charge in [-0.3, -0.25) is 4.79 Å². The van der Waals surface area contributed by atoms with Crippen LogP contribution < -0.4 is 5.32 Å². The highest BCUT2D eigenvalue weighted by atomic mass is 19.4. The molecule has 1 aromatic heterocycles. The first-order valence-electron chi connectivity index (χ1n) is 9.31. The molecular formula is C20H24F3N3O. The number of hydrogen-bond acceptors (Lipinski definition) is 2. The molecule has 2 atom stereocenters. The van der Waals surface area contributed by atoms with E-state index in [4.69, 9.17) is 0 Å². The second-order valence-electron chi connectivity index (χ2n) is 7.18. The van der Waals surface area contributed by atoms with E-state index in [1.165, 1.54) is 6.20 Å². The number of hydrogen-bond donors (Lipinski definition) is 1. The van der Waals surface area contributed by atoms with Gasteiger partial charge in [0.15, 0.2) is 0 Å². The van der Waals surface area contributed by atoms with Crippen molar-refractivity contribution in [3.63, 3.8) is 0 Å². The highest BCUT2D eigenvalue weighted by Gasteiger charge is 2.42. The summed E-state index contributed by atoms with van der Waals surface area (Å²) in [5.74, 6) is -1.68. The minimum Gasteiger partial charge on any atom is -0.349 e. The molecule has 0 spiro atoms. The Kier molecular flexibility index (Phi) is 5.58. The summed E-state index contributed by atoms with van der Waals surface area (Å²) in [6.07, 6.45) is -0.979. The Bertz CT molecular complexity index is 796. The largest absolute Gasteiger partial charge is 0.391 e. The van der Waals surface area contributed by atoms with Crippen LogP contribution in [0.3, 0.4) is 0 Å². The van der Waals surface area contributed by atoms with Crippen molar-refractivity contribution in [2.45, 2.75) is 58.2 Å². The summed E-state index contributed by atoms with van der Waals surface area (Å²) in [5.41, 5.74) is 3.15. The smallest absolute Gasteiger partial charge is 0.349 e. The van der Waals surface area contributed by atoms with Crippen molar-refractivity contribution in [2.75, 3.05) is 0 Å². The van der Waals surface area contributed by atoms with E-state index >= 15 is 0 Å². The first-order valence-corrected chi connectivity index (χ1v) is 9.31. The number of carbonyl (C=O) groups is 1. The lowest BCUT2D eigenvalue weighted by atomic mass is 9.85. The number of carbonyl (C=O) groups excluding carboxylic acids is 1. The summed E-state index contributed by atoms with van der Waals surface area (Å²) in [5, 5.41) is 7.12. The Morgan fingerprint density at radius 1 is 1.26 bits per heavy atom. The monoisotopic (exact) mass is 379 g/mol. The number of aryl methyl sites for hydroxylation is 1. The van der Waals surface area contributed by atoms with Crippen LogP contribution in [0.4, 0.5) is 13.2 Å². The molecule has 146 valence electrons. The summed E-state index contributed by atoms with van der Waals surface area (Å²) in [7, 11) is 0. The van der Waals surface area contributed by atoms with E-state index < -0.39 is 18.1 Å². The van der Waals surface area contributed by atoms with Gasteiger partial charge in [0, 0.05) is 6.04 Å². The fourth-order valence-corrected chi connectivity index (χ4v) is 3.69. The second kappa shape index (κ2) is 7.74. The number of rotatable bonds is 4. The van der Waals surface area contributed by atoms with Gasteiger partial charge in [0.1, 0.15) is 0 Å². The van der Waals surface area contributed by atoms with E-state index in [9.17, 15) is 18.0 Å². The van der Waals surface area contributed by atoms with Crippen molar-refractivity contribution >= 4 is 5.91 Å². The Labute approximate surface area is 156 Å². The third-order valence-corrected chi connectivity index (χ3v) is 5.20. The molecular weight excluding hydrogens is 355 g/mol. The maximum absolute atomic E-state index is 13.0. The van der Waals surface area contributed by atoms with Gasteiger partial charge in [-0.05, 0) is 44.7 Å². The minimum atomic E-state index is -4.20. The van der Waals surface area contributed by atoms with E-state index in [-0.39, 0.29) is 18.7 Å². The van der Waals surface area contributed by atoms with Gasteiger partial charge in [0.05, 0.1) is 29.1 Å². The van der Waals surface area contributed by atoms with Crippen LogP contribution in [0.1, 0.15) is 54.2 Å². The Morgan fingerprint density at radius 2 is 1.96 bits per heavy atom. The normalized spacial score (nSPS) is 20.5. The molecule has 1 saturated carbocycles. The Balaban J connectivity index is 1.76. The van der Waals surface area contributed by atoms with Crippen molar-refractivity contribution in [2.24, 2.45) is 5.92 Å². The third kappa shape index (κ3) is 4.34. The topological polar surface area (TPSA) is 46.9 Å². The molecule has 0 saturated heterocycles. The standard InChI is InChI=1S/C20H24F3N3O/c1-3-18-17(12-24-26(18)16-9-7-13(2)8-10-16)19(27)25-15-6-4-5-14(11-15)20(21,22)23/h7-10,12,14-15H,3-6,11H2,1-2H3,(H,25,27). The molecule has 1 amide bonds. The van der Waals surface area contributed by atoms with Crippen molar-refractivity contribution in [3.05, 3.63) is 47.3 Å². The molecule has 0 bridgehead atoms. The summed E-state index contributed by atoms with van der Waals surface area (Å²) in [6.45, 7) is 3.92. The van der Waals surface area contributed by atoms with Gasteiger partial charge in [-0.1, -0.05) is 31.0 Å². The van der Waals surface area contributed by atoms with Crippen molar-refractivity contribution < 1.29 is 18.0 Å². The van der Waals surface area contributed by atoms with Crippen LogP contribution in [-0.2, 0) is 6.42 Å². The SMILES string of the molecule is CCc1c(C(=O)NC2CCCC(C(F)(F)F)C2)cnn1-c1ccc(C)cc1. The van der Waals surface area contributed by atoms with E-state index in [0.29, 0.717) is 24.8 Å². The van der Waals surface area contributed by atoms with Crippen molar-refractivity contribution in [1.29, 1.82) is 0 Å². The van der Waals surface area contributed by atoms with Crippen LogP contribution in [0.25, 0.3) is 5.69 Å². The van der Waals surface area contributed by atoms with Gasteiger partial charge in [0.2, 0.25) is 0 Å². The highest BCUT2D eigenvalue weighted by molar-refractivity contribution is 5.95. The van der Waals surface area contributed by atoms with Gasteiger partial charge in [-0.25, -0.2) is 4.68 Å². The zero-order valence-corrected chi connectivity index (χ0v) is 15.5. The lowest BCUT2D eigenvalue weighted by Gasteiger charge is -2.31. The minimum absolute atomic E-state index is 0.0528. The average molecular weight is 379 g/mol. The average Bonchev–Trinajstić information content (AvgIpc) is 3.06. The molecule has 1 heterocycles. The summed E-state index contributed by atoms with van der Waals surface area (Å²) in [4.78, 5) is 12.7. The van der Waals surface area contributed by atoms with Gasteiger partial charge in [-0.15, -0.1) is 0 Å². The molecule has 27 heavy (non-hydrogen) atoms. The summed E-state index contributed by atoms with van der Waals surface area (Å²) < 4.78 is 40.7. The summed E-state index contributed by atoms with van der Waals surface area (Å²) >= 11 is 0. The number of alkyl halides is 3. The first-order chi connectivity index (χ1) is 12.8. The quantitative estimate of drug-likeness (QED) is 0.844. The lowest BCUT2D eigenvalue weighted by Crippen LogP contribution is -2.41. The molecule has 7 heteroatoms. The molecule has 3 rings (SSSR count). The van der Waals surface area contributed by atoms with Gasteiger partial charge < -0.3 is 5.32 Å². The van der Waals surface area contributed by atoms with Crippen molar-refractivity contribution in [1.82, 2.24) is 15.1 Å². The number of nitrogens with one attached hydrogen (secondary N) is 1. The lowest BCUT2D eigenvalue weighted by molar-refractivity contribution is -0.183. The first kappa shape index (κ1) is 19.5. The molecule has 1 aliphatic rings. The fraction of sp³-hybridized carbons (Fsp3) is 0.500. The number of halogens is 3. The van der Waals surface area contributed by atoms with Crippen LogP contribution in [0.5, 0.6) is 0 Å². The maximum Gasteiger partial charge on any atom is 0.391 e. The van der Waals surface area contributed by atoms with Gasteiger partial charge in [0.25, 0.3) is 5.91 Å². The molecule has 2 unspecified atom stereocenters. The van der Waals surface area contributed by atoms with Crippen molar-refractivity contribution in [3.8, 4) is 5.69 Å². The molecule has 1 N–H and O–H groups in total. The molecule has 0 aliphatic heterocycles. The van der Waals surface area contributed by atoms with Crippen LogP contribution >= 0.6 is 0 Å². The molecule has 2 aromatic rings. The molecule has 0 radical (unpaired) electrons. The third-order valence-electron chi connectivity index (χ3n) is 5.20. The number of nitrogens with zero attached hydrogens (tertiary/aromatic N) is 2. The molecule has 1 fully saturated rings.